The highest BCUT2D eigenvalue weighted by Crippen LogP contribution is 2.20. The summed E-state index contributed by atoms with van der Waals surface area (Å²) in [6, 6.07) is 5.52. The summed E-state index contributed by atoms with van der Waals surface area (Å²) >= 11 is 5.93. The number of quaternary nitrogens is 1. The minimum atomic E-state index is -0.433. The zero-order valence-corrected chi connectivity index (χ0v) is 11.9. The summed E-state index contributed by atoms with van der Waals surface area (Å²) in [6.45, 7) is 6.17. The normalized spacial score (nSPS) is 12.4. The number of ether oxygens (including phenoxy) is 1. The molecule has 3 N–H and O–H groups in total. The molecule has 0 fully saturated rings. The zero-order chi connectivity index (χ0) is 13.4. The van der Waals surface area contributed by atoms with Gasteiger partial charge in [0.25, 0.3) is 0 Å². The fraction of sp³-hybridized carbons (Fsp3) is 0.571. The molecule has 1 atom stereocenters. The quantitative estimate of drug-likeness (QED) is 0.709. The lowest BCUT2D eigenvalue weighted by Crippen LogP contribution is -2.86. The number of unbranched alkanes of at least 4 members (excludes halogenated alkanes) is 1. The van der Waals surface area contributed by atoms with Crippen molar-refractivity contribution in [1.82, 2.24) is 0 Å². The predicted octanol–water partition coefficient (Wildman–Crippen LogP) is 1.75. The van der Waals surface area contributed by atoms with E-state index in [4.69, 9.17) is 16.3 Å². The van der Waals surface area contributed by atoms with E-state index in [0.717, 1.165) is 22.9 Å². The van der Waals surface area contributed by atoms with Crippen LogP contribution in [0, 0.1) is 6.92 Å². The molecular formula is C14H23ClNO2+. The van der Waals surface area contributed by atoms with E-state index in [1.165, 1.54) is 12.8 Å². The molecule has 0 aromatic heterocycles. The van der Waals surface area contributed by atoms with E-state index >= 15 is 0 Å². The monoisotopic (exact) mass is 272 g/mol. The van der Waals surface area contributed by atoms with Gasteiger partial charge < -0.3 is 15.2 Å². The van der Waals surface area contributed by atoms with Crippen molar-refractivity contribution >= 4 is 11.6 Å². The summed E-state index contributed by atoms with van der Waals surface area (Å²) in [5.41, 5.74) is 0.984. The number of rotatable bonds is 8. The second-order valence-electron chi connectivity index (χ2n) is 4.54. The van der Waals surface area contributed by atoms with E-state index < -0.39 is 6.10 Å². The van der Waals surface area contributed by atoms with E-state index in [0.29, 0.717) is 13.2 Å². The van der Waals surface area contributed by atoms with Gasteiger partial charge in [0, 0.05) is 5.02 Å². The van der Waals surface area contributed by atoms with Crippen LogP contribution < -0.4 is 10.1 Å². The van der Waals surface area contributed by atoms with E-state index in [9.17, 15) is 5.11 Å². The van der Waals surface area contributed by atoms with Crippen molar-refractivity contribution in [3.63, 3.8) is 0 Å². The van der Waals surface area contributed by atoms with Crippen LogP contribution in [0.4, 0.5) is 0 Å². The van der Waals surface area contributed by atoms with Crippen LogP contribution >= 0.6 is 11.6 Å². The van der Waals surface area contributed by atoms with Crippen molar-refractivity contribution in [2.45, 2.75) is 32.8 Å². The van der Waals surface area contributed by atoms with Gasteiger partial charge in [0.1, 0.15) is 25.0 Å². The number of aryl methyl sites for hydroxylation is 1. The lowest BCUT2D eigenvalue weighted by atomic mass is 10.2. The molecular weight excluding hydrogens is 250 g/mol. The Hall–Kier alpha value is -0.770. The van der Waals surface area contributed by atoms with Gasteiger partial charge in [-0.1, -0.05) is 24.9 Å². The molecule has 1 rings (SSSR count). The van der Waals surface area contributed by atoms with Crippen LogP contribution in [0.15, 0.2) is 18.2 Å². The third-order valence-corrected chi connectivity index (χ3v) is 3.20. The molecule has 102 valence electrons. The molecule has 0 spiro atoms. The first-order valence-electron chi connectivity index (χ1n) is 6.52. The van der Waals surface area contributed by atoms with Crippen LogP contribution in [0.2, 0.25) is 5.02 Å². The van der Waals surface area contributed by atoms with Crippen LogP contribution in [0.25, 0.3) is 0 Å². The minimum Gasteiger partial charge on any atom is -0.491 e. The molecule has 0 amide bonds. The average Bonchev–Trinajstić information content (AvgIpc) is 2.36. The second-order valence-corrected chi connectivity index (χ2v) is 4.95. The van der Waals surface area contributed by atoms with Crippen LogP contribution in [-0.2, 0) is 0 Å². The first-order chi connectivity index (χ1) is 8.63. The van der Waals surface area contributed by atoms with Gasteiger partial charge in [-0.15, -0.1) is 0 Å². The maximum atomic E-state index is 9.75. The summed E-state index contributed by atoms with van der Waals surface area (Å²) in [5, 5.41) is 12.6. The molecule has 0 unspecified atom stereocenters. The number of nitrogens with two attached hydrogens (primary N) is 1. The lowest BCUT2D eigenvalue weighted by Gasteiger charge is -2.12. The largest absolute Gasteiger partial charge is 0.491 e. The Bertz CT molecular complexity index is 358. The van der Waals surface area contributed by atoms with Gasteiger partial charge in [-0.2, -0.15) is 0 Å². The van der Waals surface area contributed by atoms with Crippen molar-refractivity contribution in [3.05, 3.63) is 28.8 Å². The predicted molar refractivity (Wildman–Crippen MR) is 74.3 cm³/mol. The third-order valence-electron chi connectivity index (χ3n) is 2.77. The van der Waals surface area contributed by atoms with Gasteiger partial charge in [0.05, 0.1) is 6.54 Å². The van der Waals surface area contributed by atoms with Crippen molar-refractivity contribution in [2.75, 3.05) is 19.7 Å². The van der Waals surface area contributed by atoms with Crippen molar-refractivity contribution in [1.29, 1.82) is 0 Å². The summed E-state index contributed by atoms with van der Waals surface area (Å²) in [4.78, 5) is 0. The molecule has 0 aliphatic heterocycles. The molecule has 18 heavy (non-hydrogen) atoms. The average molecular weight is 273 g/mol. The Morgan fingerprint density at radius 3 is 2.89 bits per heavy atom. The van der Waals surface area contributed by atoms with Crippen LogP contribution in [0.1, 0.15) is 25.3 Å². The maximum Gasteiger partial charge on any atom is 0.137 e. The molecule has 3 nitrogen and oxygen atoms in total. The Morgan fingerprint density at radius 1 is 1.44 bits per heavy atom. The molecule has 0 bridgehead atoms. The molecule has 0 aliphatic rings. The number of halogens is 1. The number of benzene rings is 1. The van der Waals surface area contributed by atoms with Gasteiger partial charge in [-0.25, -0.2) is 0 Å². The van der Waals surface area contributed by atoms with Gasteiger partial charge in [-0.05, 0) is 37.1 Å². The first kappa shape index (κ1) is 15.3. The number of hydrogen-bond acceptors (Lipinski definition) is 2. The van der Waals surface area contributed by atoms with Crippen molar-refractivity contribution < 1.29 is 15.2 Å². The second kappa shape index (κ2) is 8.35. The van der Waals surface area contributed by atoms with E-state index in [1.54, 1.807) is 0 Å². The molecule has 0 saturated carbocycles. The van der Waals surface area contributed by atoms with E-state index in [-0.39, 0.29) is 0 Å². The summed E-state index contributed by atoms with van der Waals surface area (Å²) < 4.78 is 5.53. The highest BCUT2D eigenvalue weighted by Gasteiger charge is 2.07. The SMILES string of the molecule is CCCC[NH2+]C[C@H](O)COc1ccc(Cl)c(C)c1. The molecule has 0 radical (unpaired) electrons. The van der Waals surface area contributed by atoms with Crippen LogP contribution in [0.3, 0.4) is 0 Å². The molecule has 0 aliphatic carbocycles. The van der Waals surface area contributed by atoms with Gasteiger partial charge in [-0.3, -0.25) is 0 Å². The Morgan fingerprint density at radius 2 is 2.22 bits per heavy atom. The summed E-state index contributed by atoms with van der Waals surface area (Å²) in [6.07, 6.45) is 1.94. The fourth-order valence-electron chi connectivity index (χ4n) is 1.63. The zero-order valence-electron chi connectivity index (χ0n) is 11.2. The number of aliphatic hydroxyl groups excluding tert-OH is 1. The summed E-state index contributed by atoms with van der Waals surface area (Å²) in [5.74, 6) is 0.754. The van der Waals surface area contributed by atoms with Crippen molar-refractivity contribution in [3.8, 4) is 5.75 Å². The molecule has 0 heterocycles. The first-order valence-corrected chi connectivity index (χ1v) is 6.90. The van der Waals surface area contributed by atoms with Gasteiger partial charge in [0.2, 0.25) is 0 Å². The lowest BCUT2D eigenvalue weighted by molar-refractivity contribution is -0.661. The highest BCUT2D eigenvalue weighted by molar-refractivity contribution is 6.31. The Labute approximate surface area is 114 Å². The van der Waals surface area contributed by atoms with E-state index in [2.05, 4.69) is 12.2 Å². The van der Waals surface area contributed by atoms with E-state index in [1.807, 2.05) is 25.1 Å². The molecule has 0 saturated heterocycles. The minimum absolute atomic E-state index is 0.323. The van der Waals surface area contributed by atoms with Crippen molar-refractivity contribution in [2.24, 2.45) is 0 Å². The smallest absolute Gasteiger partial charge is 0.137 e. The van der Waals surface area contributed by atoms with Crippen LogP contribution in [0.5, 0.6) is 5.75 Å². The highest BCUT2D eigenvalue weighted by atomic mass is 35.5. The molecule has 1 aromatic carbocycles. The molecule has 1 aromatic rings. The number of hydrogen-bond donors (Lipinski definition) is 2. The Kier molecular flexibility index (Phi) is 7.09. The maximum absolute atomic E-state index is 9.75. The fourth-order valence-corrected chi connectivity index (χ4v) is 1.74. The summed E-state index contributed by atoms with van der Waals surface area (Å²) in [7, 11) is 0. The van der Waals surface area contributed by atoms with Crippen LogP contribution in [-0.4, -0.2) is 30.9 Å². The third kappa shape index (κ3) is 5.71. The Balaban J connectivity index is 2.24. The topological polar surface area (TPSA) is 46.1 Å². The molecule has 4 heteroatoms. The number of aliphatic hydroxyl groups is 1. The van der Waals surface area contributed by atoms with Gasteiger partial charge >= 0.3 is 0 Å². The standard InChI is InChI=1S/C14H22ClNO2/c1-3-4-7-16-9-12(17)10-18-13-5-6-14(15)11(2)8-13/h5-6,8,12,16-17H,3-4,7,9-10H2,1-2H3/p+1/t12-/m0/s1. The van der Waals surface area contributed by atoms with Gasteiger partial charge in [0.15, 0.2) is 0 Å².